The maximum atomic E-state index is 5.71. The summed E-state index contributed by atoms with van der Waals surface area (Å²) in [5, 5.41) is 4.03. The lowest BCUT2D eigenvalue weighted by Crippen LogP contribution is -2.64. The summed E-state index contributed by atoms with van der Waals surface area (Å²) in [5.41, 5.74) is 6.27. The van der Waals surface area contributed by atoms with Crippen LogP contribution in [0.2, 0.25) is 0 Å². The van der Waals surface area contributed by atoms with Gasteiger partial charge in [-0.25, -0.2) is 0 Å². The Hall–Kier alpha value is -2.88. The number of nitrogens with zero attached hydrogens (tertiary/aromatic N) is 1. The normalized spacial score (nSPS) is 23.7. The second kappa shape index (κ2) is 10.2. The molecule has 6 rings (SSSR count). The zero-order chi connectivity index (χ0) is 23.5. The monoisotopic (exact) mass is 452 g/mol. The molecule has 0 unspecified atom stereocenters. The predicted molar refractivity (Wildman–Crippen MR) is 141 cm³/mol. The predicted octanol–water partition coefficient (Wildman–Crippen LogP) is 6.11. The average Bonchev–Trinajstić information content (AvgIpc) is 2.89. The van der Waals surface area contributed by atoms with Gasteiger partial charge < -0.3 is 10.1 Å². The Morgan fingerprint density at radius 3 is 2.15 bits per heavy atom. The van der Waals surface area contributed by atoms with E-state index in [0.717, 1.165) is 17.9 Å². The fraction of sp³-hybridized carbons (Fsp3) is 0.355. The van der Waals surface area contributed by atoms with Crippen molar-refractivity contribution in [3.05, 3.63) is 108 Å². The van der Waals surface area contributed by atoms with E-state index in [4.69, 9.17) is 4.74 Å². The number of allylic oxidation sites excluding steroid dienone is 1. The number of benzene rings is 3. The molecule has 0 amide bonds. The summed E-state index contributed by atoms with van der Waals surface area (Å²) < 4.78 is 5.71. The number of rotatable bonds is 8. The summed E-state index contributed by atoms with van der Waals surface area (Å²) in [7, 11) is 1.76. The Labute approximate surface area is 204 Å². The van der Waals surface area contributed by atoms with Crippen molar-refractivity contribution in [3.63, 3.8) is 0 Å². The van der Waals surface area contributed by atoms with Crippen molar-refractivity contribution in [2.24, 2.45) is 5.92 Å². The molecular weight excluding hydrogens is 416 g/mol. The highest BCUT2D eigenvalue weighted by atomic mass is 16.5. The van der Waals surface area contributed by atoms with Gasteiger partial charge >= 0.3 is 0 Å². The Kier molecular flexibility index (Phi) is 6.85. The van der Waals surface area contributed by atoms with Crippen LogP contribution in [0.3, 0.4) is 0 Å². The molecule has 34 heavy (non-hydrogen) atoms. The number of nitrogens with one attached hydrogen (secondary N) is 1. The van der Waals surface area contributed by atoms with Gasteiger partial charge in [-0.1, -0.05) is 78.9 Å². The molecule has 0 aliphatic carbocycles. The van der Waals surface area contributed by atoms with Gasteiger partial charge in [0.05, 0.1) is 7.11 Å². The molecule has 0 aromatic heterocycles. The standard InChI is InChI=1S/C31H36N2O/c1-22(2)26-14-15-28(34-3)27(20-26)21-32-30-25-16-18-33(19-17-25)31(30)29(23-10-6-4-7-11-23)24-12-8-5-9-13-24/h4-15,20,25,29-32H,1,16-19,21H2,2-3H3/t30-,31+/m0/s1. The van der Waals surface area contributed by atoms with Crippen molar-refractivity contribution >= 4 is 5.57 Å². The van der Waals surface area contributed by atoms with Crippen molar-refractivity contribution in [1.29, 1.82) is 0 Å². The Morgan fingerprint density at radius 2 is 1.59 bits per heavy atom. The van der Waals surface area contributed by atoms with Crippen LogP contribution < -0.4 is 10.1 Å². The van der Waals surface area contributed by atoms with E-state index in [2.05, 4.69) is 103 Å². The van der Waals surface area contributed by atoms with Crippen LogP contribution in [-0.2, 0) is 6.54 Å². The van der Waals surface area contributed by atoms with Crippen LogP contribution in [0.25, 0.3) is 5.57 Å². The molecule has 0 spiro atoms. The SMILES string of the molecule is C=C(C)c1ccc(OC)c(CN[C@H]2C3CCN(CC3)[C@@H]2C(c2ccccc2)c2ccccc2)c1. The molecule has 3 aromatic carbocycles. The molecule has 3 heteroatoms. The second-order valence-corrected chi connectivity index (χ2v) is 9.88. The van der Waals surface area contributed by atoms with E-state index in [1.54, 1.807) is 7.11 Å². The zero-order valence-corrected chi connectivity index (χ0v) is 20.4. The molecule has 3 fully saturated rings. The molecular formula is C31H36N2O. The van der Waals surface area contributed by atoms with Gasteiger partial charge in [-0.05, 0) is 67.6 Å². The summed E-state index contributed by atoms with van der Waals surface area (Å²) in [4.78, 5) is 2.74. The number of ether oxygens (including phenoxy) is 1. The highest BCUT2D eigenvalue weighted by Gasteiger charge is 2.46. The third-order valence-electron chi connectivity index (χ3n) is 7.83. The highest BCUT2D eigenvalue weighted by molar-refractivity contribution is 5.63. The van der Waals surface area contributed by atoms with E-state index in [1.807, 2.05) is 0 Å². The van der Waals surface area contributed by atoms with Gasteiger partial charge in [-0.2, -0.15) is 0 Å². The minimum Gasteiger partial charge on any atom is -0.496 e. The molecule has 3 saturated heterocycles. The molecule has 3 aromatic rings. The van der Waals surface area contributed by atoms with Crippen LogP contribution in [0.5, 0.6) is 5.75 Å². The third kappa shape index (κ3) is 4.55. The van der Waals surface area contributed by atoms with Gasteiger partial charge in [0.15, 0.2) is 0 Å². The van der Waals surface area contributed by atoms with Crippen molar-refractivity contribution < 1.29 is 4.74 Å². The van der Waals surface area contributed by atoms with E-state index >= 15 is 0 Å². The first kappa shape index (κ1) is 22.9. The average molecular weight is 453 g/mol. The lowest BCUT2D eigenvalue weighted by atomic mass is 9.70. The molecule has 3 aliphatic heterocycles. The van der Waals surface area contributed by atoms with Crippen LogP contribution in [0.1, 0.15) is 47.9 Å². The van der Waals surface area contributed by atoms with Crippen molar-refractivity contribution in [2.45, 2.75) is 44.3 Å². The Morgan fingerprint density at radius 1 is 0.971 bits per heavy atom. The molecule has 0 saturated carbocycles. The maximum Gasteiger partial charge on any atom is 0.123 e. The summed E-state index contributed by atoms with van der Waals surface area (Å²) >= 11 is 0. The molecule has 2 bridgehead atoms. The van der Waals surface area contributed by atoms with E-state index < -0.39 is 0 Å². The minimum absolute atomic E-state index is 0.339. The number of hydrogen-bond acceptors (Lipinski definition) is 3. The first-order valence-electron chi connectivity index (χ1n) is 12.6. The third-order valence-corrected chi connectivity index (χ3v) is 7.83. The summed E-state index contributed by atoms with van der Waals surface area (Å²) in [6.45, 7) is 9.38. The fourth-order valence-corrected chi connectivity index (χ4v) is 6.11. The lowest BCUT2D eigenvalue weighted by Gasteiger charge is -2.54. The van der Waals surface area contributed by atoms with E-state index in [1.165, 1.54) is 48.2 Å². The van der Waals surface area contributed by atoms with Crippen molar-refractivity contribution in [3.8, 4) is 5.75 Å². The van der Waals surface area contributed by atoms with Crippen LogP contribution in [0.15, 0.2) is 85.4 Å². The number of methoxy groups -OCH3 is 1. The van der Waals surface area contributed by atoms with E-state index in [0.29, 0.717) is 23.9 Å². The van der Waals surface area contributed by atoms with Gasteiger partial charge in [0, 0.05) is 30.1 Å². The van der Waals surface area contributed by atoms with Crippen molar-refractivity contribution in [2.75, 3.05) is 20.2 Å². The number of piperidine rings is 3. The maximum absolute atomic E-state index is 5.71. The van der Waals surface area contributed by atoms with Gasteiger partial charge in [0.1, 0.15) is 5.75 Å². The molecule has 2 atom stereocenters. The smallest absolute Gasteiger partial charge is 0.123 e. The molecule has 3 heterocycles. The topological polar surface area (TPSA) is 24.5 Å². The van der Waals surface area contributed by atoms with Crippen LogP contribution in [-0.4, -0.2) is 37.2 Å². The molecule has 0 radical (unpaired) electrons. The first-order chi connectivity index (χ1) is 16.7. The summed E-state index contributed by atoms with van der Waals surface area (Å²) in [6.07, 6.45) is 2.54. The fourth-order valence-electron chi connectivity index (χ4n) is 6.11. The Bertz CT molecular complexity index is 1060. The molecule has 1 N–H and O–H groups in total. The van der Waals surface area contributed by atoms with Gasteiger partial charge in [-0.3, -0.25) is 4.90 Å². The van der Waals surface area contributed by atoms with Gasteiger partial charge in [0.25, 0.3) is 0 Å². The number of hydrogen-bond donors (Lipinski definition) is 1. The largest absolute Gasteiger partial charge is 0.496 e. The van der Waals surface area contributed by atoms with Crippen molar-refractivity contribution in [1.82, 2.24) is 10.2 Å². The van der Waals surface area contributed by atoms with Crippen LogP contribution >= 0.6 is 0 Å². The second-order valence-electron chi connectivity index (χ2n) is 9.88. The molecule has 3 nitrogen and oxygen atoms in total. The number of fused-ring (bicyclic) bond motifs is 3. The first-order valence-corrected chi connectivity index (χ1v) is 12.6. The molecule has 3 aliphatic rings. The minimum atomic E-state index is 0.339. The highest BCUT2D eigenvalue weighted by Crippen LogP contribution is 2.42. The van der Waals surface area contributed by atoms with Gasteiger partial charge in [0.2, 0.25) is 0 Å². The van der Waals surface area contributed by atoms with Crippen LogP contribution in [0.4, 0.5) is 0 Å². The van der Waals surface area contributed by atoms with Gasteiger partial charge in [-0.15, -0.1) is 0 Å². The van der Waals surface area contributed by atoms with Crippen LogP contribution in [0, 0.1) is 5.92 Å². The van der Waals surface area contributed by atoms with E-state index in [9.17, 15) is 0 Å². The quantitative estimate of drug-likeness (QED) is 0.446. The van der Waals surface area contributed by atoms with E-state index in [-0.39, 0.29) is 0 Å². The summed E-state index contributed by atoms with van der Waals surface area (Å²) in [6, 6.07) is 29.4. The zero-order valence-electron chi connectivity index (χ0n) is 20.4. The lowest BCUT2D eigenvalue weighted by molar-refractivity contribution is 0.00462. The molecule has 176 valence electrons. The summed E-state index contributed by atoms with van der Waals surface area (Å²) in [5.74, 6) is 1.98. The Balaban J connectivity index is 1.49.